The van der Waals surface area contributed by atoms with Crippen LogP contribution in [0.25, 0.3) is 0 Å². The van der Waals surface area contributed by atoms with Crippen molar-refractivity contribution in [2.75, 3.05) is 52.0 Å². The molecule has 2 heterocycles. The number of nitrogens with two attached hydrogens (primary N) is 1. The fraction of sp³-hybridized carbons (Fsp3) is 0.588. The van der Waals surface area contributed by atoms with Crippen LogP contribution in [0.1, 0.15) is 23.2 Å². The summed E-state index contributed by atoms with van der Waals surface area (Å²) in [5, 5.41) is 0. The number of amides is 1. The van der Waals surface area contributed by atoms with Crippen molar-refractivity contribution in [1.82, 2.24) is 14.7 Å². The number of carbonyl (C=O) groups is 1. The monoisotopic (exact) mass is 320 g/mol. The number of carbonyl (C=O) groups excluding carboxylic acids is 1. The molecule has 0 unspecified atom stereocenters. The lowest BCUT2D eigenvalue weighted by Crippen LogP contribution is -2.52. The van der Waals surface area contributed by atoms with Gasteiger partial charge in [-0.15, -0.1) is 0 Å². The standard InChI is InChI=1S/C17H25FN4O/c1-20-8-10-21(11-9-20)14-4-6-22(7-5-14)17(23)13-2-3-16(19)15(18)12-13/h2-3,12,14H,4-11,19H2,1H3. The van der Waals surface area contributed by atoms with Crippen molar-refractivity contribution < 1.29 is 9.18 Å². The highest BCUT2D eigenvalue weighted by molar-refractivity contribution is 5.94. The normalized spacial score (nSPS) is 21.6. The summed E-state index contributed by atoms with van der Waals surface area (Å²) in [5.74, 6) is -0.621. The van der Waals surface area contributed by atoms with Gasteiger partial charge in [-0.1, -0.05) is 0 Å². The van der Waals surface area contributed by atoms with E-state index in [0.717, 1.165) is 52.1 Å². The minimum Gasteiger partial charge on any atom is -0.396 e. The number of rotatable bonds is 2. The minimum absolute atomic E-state index is 0.0790. The second kappa shape index (κ2) is 6.84. The van der Waals surface area contributed by atoms with Gasteiger partial charge in [-0.25, -0.2) is 4.39 Å². The number of likely N-dealkylation sites (N-methyl/N-ethyl adjacent to an activating group) is 1. The summed E-state index contributed by atoms with van der Waals surface area (Å²) in [6.07, 6.45) is 1.99. The molecule has 2 aliphatic heterocycles. The molecule has 1 aromatic rings. The average molecular weight is 320 g/mol. The van der Waals surface area contributed by atoms with Gasteiger partial charge in [0.05, 0.1) is 5.69 Å². The van der Waals surface area contributed by atoms with Crippen LogP contribution in [0.15, 0.2) is 18.2 Å². The molecule has 0 saturated carbocycles. The van der Waals surface area contributed by atoms with Gasteiger partial charge in [0.25, 0.3) is 5.91 Å². The smallest absolute Gasteiger partial charge is 0.253 e. The zero-order chi connectivity index (χ0) is 16.4. The summed E-state index contributed by atoms with van der Waals surface area (Å²) in [6, 6.07) is 4.87. The summed E-state index contributed by atoms with van der Waals surface area (Å²) in [6.45, 7) is 5.92. The van der Waals surface area contributed by atoms with Gasteiger partial charge < -0.3 is 15.5 Å². The number of likely N-dealkylation sites (tertiary alicyclic amines) is 1. The number of nitrogen functional groups attached to an aromatic ring is 1. The lowest BCUT2D eigenvalue weighted by molar-refractivity contribution is 0.0518. The molecule has 0 aromatic heterocycles. The second-order valence-electron chi connectivity index (χ2n) is 6.60. The van der Waals surface area contributed by atoms with Gasteiger partial charge in [-0.3, -0.25) is 9.69 Å². The third-order valence-electron chi connectivity index (χ3n) is 5.05. The lowest BCUT2D eigenvalue weighted by Gasteiger charge is -2.42. The van der Waals surface area contributed by atoms with Crippen molar-refractivity contribution in [3.05, 3.63) is 29.6 Å². The van der Waals surface area contributed by atoms with E-state index >= 15 is 0 Å². The summed E-state index contributed by atoms with van der Waals surface area (Å²) < 4.78 is 13.5. The Morgan fingerprint density at radius 2 is 1.78 bits per heavy atom. The van der Waals surface area contributed by atoms with Gasteiger partial charge in [0.2, 0.25) is 0 Å². The Labute approximate surface area is 136 Å². The number of piperazine rings is 1. The molecule has 5 nitrogen and oxygen atoms in total. The number of benzene rings is 1. The highest BCUT2D eigenvalue weighted by Crippen LogP contribution is 2.21. The Morgan fingerprint density at radius 1 is 1.13 bits per heavy atom. The van der Waals surface area contributed by atoms with E-state index in [1.807, 2.05) is 4.90 Å². The Bertz CT molecular complexity index is 564. The zero-order valence-corrected chi connectivity index (χ0v) is 13.7. The number of hydrogen-bond donors (Lipinski definition) is 1. The molecule has 23 heavy (non-hydrogen) atoms. The largest absolute Gasteiger partial charge is 0.396 e. The summed E-state index contributed by atoms with van der Waals surface area (Å²) in [5.41, 5.74) is 5.93. The molecule has 0 bridgehead atoms. The van der Waals surface area contributed by atoms with Gasteiger partial charge >= 0.3 is 0 Å². The lowest BCUT2D eigenvalue weighted by atomic mass is 10.0. The first-order valence-electron chi connectivity index (χ1n) is 8.31. The van der Waals surface area contributed by atoms with Gasteiger partial charge in [0.1, 0.15) is 5.82 Å². The highest BCUT2D eigenvalue weighted by Gasteiger charge is 2.28. The van der Waals surface area contributed by atoms with Crippen molar-refractivity contribution in [3.63, 3.8) is 0 Å². The average Bonchev–Trinajstić information content (AvgIpc) is 2.57. The van der Waals surface area contributed by atoms with Crippen molar-refractivity contribution in [1.29, 1.82) is 0 Å². The van der Waals surface area contributed by atoms with Gasteiger partial charge in [0.15, 0.2) is 0 Å². The molecule has 2 aliphatic rings. The van der Waals surface area contributed by atoms with Crippen molar-refractivity contribution >= 4 is 11.6 Å². The molecule has 3 rings (SSSR count). The van der Waals surface area contributed by atoms with Crippen molar-refractivity contribution in [2.45, 2.75) is 18.9 Å². The highest BCUT2D eigenvalue weighted by atomic mass is 19.1. The van der Waals surface area contributed by atoms with E-state index in [9.17, 15) is 9.18 Å². The van der Waals surface area contributed by atoms with Crippen molar-refractivity contribution in [2.24, 2.45) is 0 Å². The van der Waals surface area contributed by atoms with E-state index < -0.39 is 5.82 Å². The van der Waals surface area contributed by atoms with Gasteiger partial charge in [-0.2, -0.15) is 0 Å². The van der Waals surface area contributed by atoms with Crippen LogP contribution < -0.4 is 5.73 Å². The molecule has 6 heteroatoms. The van der Waals surface area contributed by atoms with E-state index in [1.54, 1.807) is 6.07 Å². The maximum atomic E-state index is 13.5. The van der Waals surface area contributed by atoms with Gasteiger partial charge in [0, 0.05) is 50.9 Å². The van der Waals surface area contributed by atoms with E-state index in [0.29, 0.717) is 11.6 Å². The summed E-state index contributed by atoms with van der Waals surface area (Å²) >= 11 is 0. The number of halogens is 1. The predicted octanol–water partition coefficient (Wildman–Crippen LogP) is 1.26. The fourth-order valence-corrected chi connectivity index (χ4v) is 3.46. The SMILES string of the molecule is CN1CCN(C2CCN(C(=O)c3ccc(N)c(F)c3)CC2)CC1. The molecule has 0 aliphatic carbocycles. The number of nitrogens with zero attached hydrogens (tertiary/aromatic N) is 3. The maximum Gasteiger partial charge on any atom is 0.253 e. The molecular formula is C17H25FN4O. The molecule has 0 atom stereocenters. The Hall–Kier alpha value is -1.66. The molecule has 2 saturated heterocycles. The first-order chi connectivity index (χ1) is 11.0. The Balaban J connectivity index is 1.56. The van der Waals surface area contributed by atoms with Gasteiger partial charge in [-0.05, 0) is 38.1 Å². The second-order valence-corrected chi connectivity index (χ2v) is 6.60. The van der Waals surface area contributed by atoms with Crippen LogP contribution >= 0.6 is 0 Å². The first-order valence-corrected chi connectivity index (χ1v) is 8.31. The molecule has 126 valence electrons. The predicted molar refractivity (Wildman–Crippen MR) is 88.8 cm³/mol. The van der Waals surface area contributed by atoms with Crippen LogP contribution in [0.5, 0.6) is 0 Å². The zero-order valence-electron chi connectivity index (χ0n) is 13.7. The molecule has 0 spiro atoms. The number of anilines is 1. The molecule has 0 radical (unpaired) electrons. The quantitative estimate of drug-likeness (QED) is 0.834. The van der Waals surface area contributed by atoms with E-state index in [-0.39, 0.29) is 11.6 Å². The number of hydrogen-bond acceptors (Lipinski definition) is 4. The minimum atomic E-state index is -0.525. The fourth-order valence-electron chi connectivity index (χ4n) is 3.46. The Morgan fingerprint density at radius 3 is 2.39 bits per heavy atom. The molecule has 2 fully saturated rings. The van der Waals surface area contributed by atoms with E-state index in [1.165, 1.54) is 12.1 Å². The van der Waals surface area contributed by atoms with E-state index in [2.05, 4.69) is 16.8 Å². The number of piperidine rings is 1. The first kappa shape index (κ1) is 16.2. The summed E-state index contributed by atoms with van der Waals surface area (Å²) in [7, 11) is 2.16. The maximum absolute atomic E-state index is 13.5. The molecule has 2 N–H and O–H groups in total. The van der Waals surface area contributed by atoms with Crippen LogP contribution in [0.2, 0.25) is 0 Å². The molecular weight excluding hydrogens is 295 g/mol. The van der Waals surface area contributed by atoms with E-state index in [4.69, 9.17) is 5.73 Å². The van der Waals surface area contributed by atoms with Crippen LogP contribution in [-0.4, -0.2) is 73.0 Å². The Kier molecular flexibility index (Phi) is 4.82. The van der Waals surface area contributed by atoms with Crippen LogP contribution in [-0.2, 0) is 0 Å². The third kappa shape index (κ3) is 3.64. The molecule has 1 amide bonds. The summed E-state index contributed by atoms with van der Waals surface area (Å²) in [4.78, 5) is 19.2. The van der Waals surface area contributed by atoms with Crippen LogP contribution in [0.4, 0.5) is 10.1 Å². The van der Waals surface area contributed by atoms with Crippen molar-refractivity contribution in [3.8, 4) is 0 Å². The molecule has 1 aromatic carbocycles. The topological polar surface area (TPSA) is 52.8 Å². The van der Waals surface area contributed by atoms with Crippen LogP contribution in [0.3, 0.4) is 0 Å². The van der Waals surface area contributed by atoms with Crippen LogP contribution in [0, 0.1) is 5.82 Å². The third-order valence-corrected chi connectivity index (χ3v) is 5.05.